The Balaban J connectivity index is 2.17. The summed E-state index contributed by atoms with van der Waals surface area (Å²) in [7, 11) is 4.35. The molecule has 0 saturated carbocycles. The summed E-state index contributed by atoms with van der Waals surface area (Å²) in [6.45, 7) is 0. The third-order valence-corrected chi connectivity index (χ3v) is 3.26. The number of nitrogens with zero attached hydrogens (tertiary/aromatic N) is 3. The van der Waals surface area contributed by atoms with E-state index in [4.69, 9.17) is 4.74 Å². The van der Waals surface area contributed by atoms with Gasteiger partial charge in [-0.3, -0.25) is 0 Å². The number of methoxy groups -OCH3 is 2. The fourth-order valence-electron chi connectivity index (χ4n) is 1.94. The molecule has 0 amide bonds. The van der Waals surface area contributed by atoms with Crippen LogP contribution in [0, 0.1) is 0 Å². The van der Waals surface area contributed by atoms with Gasteiger partial charge in [0.2, 0.25) is 0 Å². The van der Waals surface area contributed by atoms with E-state index >= 15 is 0 Å². The summed E-state index contributed by atoms with van der Waals surface area (Å²) in [5.41, 5.74) is 1.91. The number of hydrogen-bond donors (Lipinski definition) is 0. The van der Waals surface area contributed by atoms with Gasteiger partial charge in [0, 0.05) is 7.05 Å². The molecule has 7 heteroatoms. The van der Waals surface area contributed by atoms with Crippen LogP contribution in [0.1, 0.15) is 20.7 Å². The Morgan fingerprint density at radius 2 is 1.54 bits per heavy atom. The molecule has 0 aliphatic carbocycles. The molecule has 2 aromatic rings. The highest BCUT2D eigenvalue weighted by Crippen LogP contribution is 2.21. The van der Waals surface area contributed by atoms with Gasteiger partial charge in [0.05, 0.1) is 31.0 Å². The molecule has 0 spiro atoms. The minimum absolute atomic E-state index is 0.332. The van der Waals surface area contributed by atoms with Crippen LogP contribution in [0.3, 0.4) is 0 Å². The van der Waals surface area contributed by atoms with E-state index in [0.29, 0.717) is 16.8 Å². The molecule has 0 fully saturated rings. The lowest BCUT2D eigenvalue weighted by Gasteiger charge is -2.12. The maximum absolute atomic E-state index is 11.7. The number of esters is 2. The molecule has 0 aliphatic heterocycles. The van der Waals surface area contributed by atoms with Crippen LogP contribution in [0.15, 0.2) is 58.9 Å². The van der Waals surface area contributed by atoms with Gasteiger partial charge < -0.3 is 9.47 Å². The van der Waals surface area contributed by atoms with Gasteiger partial charge in [-0.25, -0.2) is 14.6 Å². The van der Waals surface area contributed by atoms with Crippen molar-refractivity contribution in [3.05, 3.63) is 59.7 Å². The van der Waals surface area contributed by atoms with Crippen molar-refractivity contribution in [1.82, 2.24) is 0 Å². The Kier molecular flexibility index (Phi) is 5.62. The van der Waals surface area contributed by atoms with E-state index in [0.717, 1.165) is 5.69 Å². The number of hydrogen-bond acceptors (Lipinski definition) is 6. The van der Waals surface area contributed by atoms with Gasteiger partial charge in [0.15, 0.2) is 0 Å². The van der Waals surface area contributed by atoms with Crippen LogP contribution in [-0.4, -0.2) is 33.2 Å². The van der Waals surface area contributed by atoms with Crippen molar-refractivity contribution in [2.75, 3.05) is 26.3 Å². The third-order valence-electron chi connectivity index (χ3n) is 3.26. The highest BCUT2D eigenvalue weighted by atomic mass is 16.5. The summed E-state index contributed by atoms with van der Waals surface area (Å²) >= 11 is 0. The first kappa shape index (κ1) is 17.1. The molecule has 124 valence electrons. The van der Waals surface area contributed by atoms with Crippen molar-refractivity contribution >= 4 is 23.3 Å². The number of carbonyl (C=O) groups is 2. The first-order chi connectivity index (χ1) is 11.6. The molecule has 0 bridgehead atoms. The van der Waals surface area contributed by atoms with Crippen molar-refractivity contribution in [2.45, 2.75) is 0 Å². The number of anilines is 1. The van der Waals surface area contributed by atoms with Crippen LogP contribution < -0.4 is 5.01 Å². The van der Waals surface area contributed by atoms with E-state index in [-0.39, 0.29) is 0 Å². The Bertz CT molecular complexity index is 757. The molecule has 24 heavy (non-hydrogen) atoms. The number of benzene rings is 2. The Hall–Kier alpha value is -3.22. The SMILES string of the molecule is COC(=O)c1ccc(N(C)N=Nc2ccccc2C(=O)OC)cc1. The number of carbonyl (C=O) groups excluding carboxylic acids is 2. The predicted octanol–water partition coefficient (Wildman–Crippen LogP) is 3.39. The van der Waals surface area contributed by atoms with Crippen molar-refractivity contribution in [2.24, 2.45) is 10.3 Å². The minimum atomic E-state index is -0.477. The molecule has 0 radical (unpaired) electrons. The smallest absolute Gasteiger partial charge is 0.340 e. The van der Waals surface area contributed by atoms with E-state index in [2.05, 4.69) is 15.1 Å². The monoisotopic (exact) mass is 327 g/mol. The summed E-state index contributed by atoms with van der Waals surface area (Å²) < 4.78 is 9.37. The second-order valence-corrected chi connectivity index (χ2v) is 4.76. The second-order valence-electron chi connectivity index (χ2n) is 4.76. The Morgan fingerprint density at radius 3 is 2.17 bits per heavy atom. The normalized spacial score (nSPS) is 10.5. The molecular formula is C17H17N3O4. The van der Waals surface area contributed by atoms with Gasteiger partial charge in [0.25, 0.3) is 0 Å². The first-order valence-electron chi connectivity index (χ1n) is 7.08. The van der Waals surface area contributed by atoms with Crippen LogP contribution in [0.2, 0.25) is 0 Å². The molecule has 0 aliphatic rings. The summed E-state index contributed by atoms with van der Waals surface area (Å²) in [4.78, 5) is 23.1. The van der Waals surface area contributed by atoms with Gasteiger partial charge in [-0.2, -0.15) is 0 Å². The molecular weight excluding hydrogens is 310 g/mol. The van der Waals surface area contributed by atoms with Crippen LogP contribution in [0.25, 0.3) is 0 Å². The lowest BCUT2D eigenvalue weighted by molar-refractivity contribution is 0.0592. The van der Waals surface area contributed by atoms with E-state index in [9.17, 15) is 9.59 Å². The van der Waals surface area contributed by atoms with Gasteiger partial charge in [-0.1, -0.05) is 17.4 Å². The summed E-state index contributed by atoms with van der Waals surface area (Å²) in [5, 5.41) is 9.68. The molecule has 7 nitrogen and oxygen atoms in total. The molecule has 0 N–H and O–H groups in total. The standard InChI is InChI=1S/C17H17N3O4/c1-20(13-10-8-12(9-11-13)16(21)23-2)19-18-15-7-5-4-6-14(15)17(22)24-3/h4-11H,1-3H3. The van der Waals surface area contributed by atoms with Crippen molar-refractivity contribution in [3.8, 4) is 0 Å². The Morgan fingerprint density at radius 1 is 0.917 bits per heavy atom. The quantitative estimate of drug-likeness (QED) is 0.478. The molecule has 0 aromatic heterocycles. The fourth-order valence-corrected chi connectivity index (χ4v) is 1.94. The van der Waals surface area contributed by atoms with Crippen molar-refractivity contribution < 1.29 is 19.1 Å². The van der Waals surface area contributed by atoms with E-state index < -0.39 is 11.9 Å². The second kappa shape index (κ2) is 7.87. The zero-order chi connectivity index (χ0) is 17.5. The van der Waals surface area contributed by atoms with Crippen molar-refractivity contribution in [1.29, 1.82) is 0 Å². The maximum atomic E-state index is 11.7. The highest BCUT2D eigenvalue weighted by Gasteiger charge is 2.11. The third kappa shape index (κ3) is 3.95. The van der Waals surface area contributed by atoms with Crippen LogP contribution in [0.4, 0.5) is 11.4 Å². The van der Waals surface area contributed by atoms with Crippen LogP contribution >= 0.6 is 0 Å². The van der Waals surface area contributed by atoms with Crippen LogP contribution in [-0.2, 0) is 9.47 Å². The molecule has 0 unspecified atom stereocenters. The number of rotatable bonds is 5. The first-order valence-corrected chi connectivity index (χ1v) is 7.08. The molecule has 2 rings (SSSR count). The average Bonchev–Trinajstić information content (AvgIpc) is 2.65. The largest absolute Gasteiger partial charge is 0.465 e. The van der Waals surface area contributed by atoms with E-state index in [1.807, 2.05) is 0 Å². The summed E-state index contributed by atoms with van der Waals surface area (Å²) in [6, 6.07) is 13.5. The Labute approximate surface area is 139 Å². The van der Waals surface area contributed by atoms with E-state index in [1.165, 1.54) is 19.2 Å². The van der Waals surface area contributed by atoms with Crippen molar-refractivity contribution in [3.63, 3.8) is 0 Å². The summed E-state index contributed by atoms with van der Waals surface area (Å²) in [6.07, 6.45) is 0. The fraction of sp³-hybridized carbons (Fsp3) is 0.176. The van der Waals surface area contributed by atoms with E-state index in [1.54, 1.807) is 55.6 Å². The maximum Gasteiger partial charge on any atom is 0.340 e. The number of ether oxygens (including phenoxy) is 2. The van der Waals surface area contributed by atoms with Gasteiger partial charge in [0.1, 0.15) is 5.69 Å². The predicted molar refractivity (Wildman–Crippen MR) is 88.5 cm³/mol. The topological polar surface area (TPSA) is 80.6 Å². The molecule has 0 heterocycles. The lowest BCUT2D eigenvalue weighted by atomic mass is 10.2. The zero-order valence-electron chi connectivity index (χ0n) is 13.6. The zero-order valence-corrected chi connectivity index (χ0v) is 13.6. The molecule has 0 atom stereocenters. The minimum Gasteiger partial charge on any atom is -0.465 e. The van der Waals surface area contributed by atoms with Gasteiger partial charge in [-0.05, 0) is 36.4 Å². The van der Waals surface area contributed by atoms with Gasteiger partial charge >= 0.3 is 11.9 Å². The average molecular weight is 327 g/mol. The van der Waals surface area contributed by atoms with Crippen LogP contribution in [0.5, 0.6) is 0 Å². The van der Waals surface area contributed by atoms with Gasteiger partial charge in [-0.15, -0.1) is 5.11 Å². The lowest BCUT2D eigenvalue weighted by Crippen LogP contribution is -2.08. The molecule has 2 aromatic carbocycles. The summed E-state index contributed by atoms with van der Waals surface area (Å²) in [5.74, 6) is -0.882. The molecule has 0 saturated heterocycles. The highest BCUT2D eigenvalue weighted by molar-refractivity contribution is 5.94.